The Morgan fingerprint density at radius 1 is 1.30 bits per heavy atom. The number of carbonyl (C=O) groups is 1. The quantitative estimate of drug-likeness (QED) is 0.823. The summed E-state index contributed by atoms with van der Waals surface area (Å²) in [5.41, 5.74) is 1.29. The van der Waals surface area contributed by atoms with Gasteiger partial charge in [0.15, 0.2) is 5.90 Å². The first kappa shape index (κ1) is 13.2. The van der Waals surface area contributed by atoms with E-state index in [0.717, 1.165) is 38.2 Å². The third-order valence-electron chi connectivity index (χ3n) is 3.85. The molecule has 20 heavy (non-hydrogen) atoms. The van der Waals surface area contributed by atoms with Crippen molar-refractivity contribution in [2.24, 2.45) is 4.99 Å². The minimum absolute atomic E-state index is 0.224. The fourth-order valence-electron chi connectivity index (χ4n) is 2.77. The molecule has 0 aliphatic carbocycles. The average Bonchev–Trinajstić information content (AvgIpc) is 3.07. The summed E-state index contributed by atoms with van der Waals surface area (Å²) >= 11 is 0. The zero-order valence-electron chi connectivity index (χ0n) is 11.6. The number of aliphatic imine (C=N–C) groups is 1. The van der Waals surface area contributed by atoms with Crippen LogP contribution in [0.1, 0.15) is 24.8 Å². The minimum Gasteiger partial charge on any atom is -0.479 e. The Morgan fingerprint density at radius 2 is 2.15 bits per heavy atom. The number of likely N-dealkylation sites (tertiary alicyclic amines) is 1. The summed E-state index contributed by atoms with van der Waals surface area (Å²) in [5, 5.41) is 0. The molecular weight excluding hydrogens is 252 g/mol. The van der Waals surface area contributed by atoms with E-state index in [1.807, 2.05) is 11.0 Å². The Bertz CT molecular complexity index is 498. The molecule has 4 heteroatoms. The van der Waals surface area contributed by atoms with Gasteiger partial charge in [0.05, 0.1) is 6.04 Å². The van der Waals surface area contributed by atoms with Crippen LogP contribution in [0.5, 0.6) is 0 Å². The summed E-state index contributed by atoms with van der Waals surface area (Å²) in [6.45, 7) is 2.30. The van der Waals surface area contributed by atoms with Crippen LogP contribution >= 0.6 is 0 Å². The first-order chi connectivity index (χ1) is 9.81. The number of hydrogen-bond acceptors (Lipinski definition) is 3. The molecular formula is C16H20N2O2. The van der Waals surface area contributed by atoms with E-state index in [0.29, 0.717) is 13.0 Å². The van der Waals surface area contributed by atoms with E-state index in [1.54, 1.807) is 0 Å². The SMILES string of the molecule is O=C1CCCN1CCC1=N[C@H](Cc2ccccc2)CO1. The molecule has 0 radical (unpaired) electrons. The molecule has 1 aromatic carbocycles. The van der Waals surface area contributed by atoms with Crippen LogP contribution in [0.4, 0.5) is 0 Å². The molecule has 2 aliphatic heterocycles. The lowest BCUT2D eigenvalue weighted by Gasteiger charge is -2.14. The van der Waals surface area contributed by atoms with E-state index in [1.165, 1.54) is 5.56 Å². The molecule has 106 valence electrons. The normalized spacial score (nSPS) is 22.0. The second kappa shape index (κ2) is 6.07. The van der Waals surface area contributed by atoms with Crippen LogP contribution in [0.2, 0.25) is 0 Å². The molecule has 1 amide bonds. The van der Waals surface area contributed by atoms with Crippen molar-refractivity contribution in [3.63, 3.8) is 0 Å². The van der Waals surface area contributed by atoms with Gasteiger partial charge in [0.25, 0.3) is 0 Å². The maximum absolute atomic E-state index is 11.5. The summed E-state index contributed by atoms with van der Waals surface area (Å²) in [5.74, 6) is 1.08. The van der Waals surface area contributed by atoms with Gasteiger partial charge in [-0.25, -0.2) is 4.99 Å². The molecule has 1 atom stereocenters. The number of nitrogens with zero attached hydrogens (tertiary/aromatic N) is 2. The van der Waals surface area contributed by atoms with E-state index in [2.05, 4.69) is 29.3 Å². The molecule has 4 nitrogen and oxygen atoms in total. The van der Waals surface area contributed by atoms with Crippen molar-refractivity contribution >= 4 is 11.8 Å². The maximum Gasteiger partial charge on any atom is 0.222 e. The molecule has 1 saturated heterocycles. The van der Waals surface area contributed by atoms with Gasteiger partial charge >= 0.3 is 0 Å². The zero-order chi connectivity index (χ0) is 13.8. The van der Waals surface area contributed by atoms with E-state index < -0.39 is 0 Å². The van der Waals surface area contributed by atoms with Crippen molar-refractivity contribution in [3.8, 4) is 0 Å². The Balaban J connectivity index is 1.49. The molecule has 1 aromatic rings. The van der Waals surface area contributed by atoms with Gasteiger partial charge in [-0.3, -0.25) is 4.79 Å². The largest absolute Gasteiger partial charge is 0.479 e. The first-order valence-electron chi connectivity index (χ1n) is 7.32. The standard InChI is InChI=1S/C16H20N2O2/c19-16-7-4-9-18(16)10-8-15-17-14(12-20-15)11-13-5-2-1-3-6-13/h1-3,5-6,14H,4,7-12H2/t14-/m1/s1. The molecule has 2 aliphatic rings. The number of amides is 1. The highest BCUT2D eigenvalue weighted by Crippen LogP contribution is 2.15. The highest BCUT2D eigenvalue weighted by atomic mass is 16.5. The molecule has 1 fully saturated rings. The van der Waals surface area contributed by atoms with Crippen molar-refractivity contribution < 1.29 is 9.53 Å². The molecule has 2 heterocycles. The van der Waals surface area contributed by atoms with Crippen molar-refractivity contribution in [2.45, 2.75) is 31.7 Å². The van der Waals surface area contributed by atoms with Crippen LogP contribution in [0, 0.1) is 0 Å². The monoisotopic (exact) mass is 272 g/mol. The van der Waals surface area contributed by atoms with Gasteiger partial charge in [-0.15, -0.1) is 0 Å². The summed E-state index contributed by atoms with van der Waals surface area (Å²) in [7, 11) is 0. The molecule has 0 saturated carbocycles. The van der Waals surface area contributed by atoms with Gasteiger partial charge in [0.2, 0.25) is 5.91 Å². The Kier molecular flexibility index (Phi) is 4.00. The Labute approximate surface area is 119 Å². The molecule has 0 aromatic heterocycles. The number of ether oxygens (including phenoxy) is 1. The minimum atomic E-state index is 0.224. The summed E-state index contributed by atoms with van der Waals surface area (Å²) in [4.78, 5) is 18.1. The highest BCUT2D eigenvalue weighted by molar-refractivity contribution is 5.81. The lowest BCUT2D eigenvalue weighted by Crippen LogP contribution is -2.27. The van der Waals surface area contributed by atoms with Crippen LogP contribution in [-0.4, -0.2) is 42.4 Å². The van der Waals surface area contributed by atoms with Crippen molar-refractivity contribution in [1.82, 2.24) is 4.90 Å². The average molecular weight is 272 g/mol. The van der Waals surface area contributed by atoms with Crippen LogP contribution in [0.3, 0.4) is 0 Å². The topological polar surface area (TPSA) is 41.9 Å². The number of rotatable bonds is 5. The lowest BCUT2D eigenvalue weighted by atomic mass is 10.1. The zero-order valence-corrected chi connectivity index (χ0v) is 11.6. The molecule has 0 spiro atoms. The van der Waals surface area contributed by atoms with Gasteiger partial charge in [-0.1, -0.05) is 30.3 Å². The van der Waals surface area contributed by atoms with E-state index >= 15 is 0 Å². The smallest absolute Gasteiger partial charge is 0.222 e. The molecule has 0 unspecified atom stereocenters. The fraction of sp³-hybridized carbons (Fsp3) is 0.500. The van der Waals surface area contributed by atoms with Gasteiger partial charge in [-0.2, -0.15) is 0 Å². The summed E-state index contributed by atoms with van der Waals surface area (Å²) in [6, 6.07) is 10.6. The second-order valence-corrected chi connectivity index (χ2v) is 5.41. The number of carbonyl (C=O) groups excluding carboxylic acids is 1. The highest BCUT2D eigenvalue weighted by Gasteiger charge is 2.23. The number of hydrogen-bond donors (Lipinski definition) is 0. The van der Waals surface area contributed by atoms with E-state index in [-0.39, 0.29) is 11.9 Å². The fourth-order valence-corrected chi connectivity index (χ4v) is 2.77. The third kappa shape index (κ3) is 3.18. The molecule has 0 N–H and O–H groups in total. The molecule has 0 bridgehead atoms. The van der Waals surface area contributed by atoms with E-state index in [9.17, 15) is 4.79 Å². The lowest BCUT2D eigenvalue weighted by molar-refractivity contribution is -0.127. The maximum atomic E-state index is 11.5. The van der Waals surface area contributed by atoms with Crippen LogP contribution in [0.25, 0.3) is 0 Å². The van der Waals surface area contributed by atoms with Gasteiger partial charge in [-0.05, 0) is 18.4 Å². The summed E-state index contributed by atoms with van der Waals surface area (Å²) < 4.78 is 5.64. The van der Waals surface area contributed by atoms with Crippen molar-refractivity contribution in [2.75, 3.05) is 19.7 Å². The Morgan fingerprint density at radius 3 is 2.90 bits per heavy atom. The second-order valence-electron chi connectivity index (χ2n) is 5.41. The van der Waals surface area contributed by atoms with Gasteiger partial charge in [0, 0.05) is 25.9 Å². The van der Waals surface area contributed by atoms with E-state index in [4.69, 9.17) is 4.74 Å². The Hall–Kier alpha value is -1.84. The van der Waals surface area contributed by atoms with Crippen LogP contribution in [0.15, 0.2) is 35.3 Å². The first-order valence-corrected chi connectivity index (χ1v) is 7.32. The van der Waals surface area contributed by atoms with Gasteiger partial charge in [0.1, 0.15) is 6.61 Å². The predicted octanol–water partition coefficient (Wildman–Crippen LogP) is 2.04. The van der Waals surface area contributed by atoms with Crippen molar-refractivity contribution in [1.29, 1.82) is 0 Å². The van der Waals surface area contributed by atoms with Crippen LogP contribution in [-0.2, 0) is 16.0 Å². The van der Waals surface area contributed by atoms with Gasteiger partial charge < -0.3 is 9.64 Å². The van der Waals surface area contributed by atoms with Crippen LogP contribution < -0.4 is 0 Å². The molecule has 3 rings (SSSR count). The number of benzene rings is 1. The third-order valence-corrected chi connectivity index (χ3v) is 3.85. The van der Waals surface area contributed by atoms with Crippen molar-refractivity contribution in [3.05, 3.63) is 35.9 Å². The summed E-state index contributed by atoms with van der Waals surface area (Å²) in [6.07, 6.45) is 3.36. The predicted molar refractivity (Wildman–Crippen MR) is 77.8 cm³/mol.